The summed E-state index contributed by atoms with van der Waals surface area (Å²) in [7, 11) is 0. The minimum atomic E-state index is -0.365. The van der Waals surface area contributed by atoms with Crippen LogP contribution >= 0.6 is 31.9 Å². The Bertz CT molecular complexity index is 636. The molecule has 0 aliphatic heterocycles. The van der Waals surface area contributed by atoms with Gasteiger partial charge in [0.05, 0.1) is 10.6 Å². The van der Waals surface area contributed by atoms with Crippen molar-refractivity contribution in [1.82, 2.24) is 0 Å². The quantitative estimate of drug-likeness (QED) is 0.578. The summed E-state index contributed by atoms with van der Waals surface area (Å²) in [6.07, 6.45) is 0. The Morgan fingerprint density at radius 2 is 1.80 bits per heavy atom. The van der Waals surface area contributed by atoms with E-state index in [4.69, 9.17) is 0 Å². The zero-order chi connectivity index (χ0) is 14.7. The predicted octanol–water partition coefficient (Wildman–Crippen LogP) is 5.04. The zero-order valence-corrected chi connectivity index (χ0v) is 13.9. The van der Waals surface area contributed by atoms with E-state index in [9.17, 15) is 10.1 Å². The number of aryl methyl sites for hydroxylation is 1. The molecule has 0 aliphatic carbocycles. The molecule has 104 valence electrons. The van der Waals surface area contributed by atoms with E-state index in [2.05, 4.69) is 37.2 Å². The van der Waals surface area contributed by atoms with Gasteiger partial charge in [-0.3, -0.25) is 10.1 Å². The van der Waals surface area contributed by atoms with Crippen molar-refractivity contribution in [2.75, 3.05) is 5.32 Å². The van der Waals surface area contributed by atoms with E-state index in [1.807, 2.05) is 19.1 Å². The molecule has 2 aromatic rings. The minimum Gasteiger partial charge on any atom is -0.379 e. The number of nitrogens with zero attached hydrogens (tertiary/aromatic N) is 1. The molecule has 0 saturated heterocycles. The Hall–Kier alpha value is -1.40. The number of nitrogens with one attached hydrogen (secondary N) is 1. The van der Waals surface area contributed by atoms with E-state index in [1.54, 1.807) is 18.2 Å². The molecule has 0 atom stereocenters. The number of para-hydroxylation sites is 1. The number of nitro benzene ring substituents is 1. The first-order valence-corrected chi connectivity index (χ1v) is 7.49. The van der Waals surface area contributed by atoms with E-state index < -0.39 is 0 Å². The van der Waals surface area contributed by atoms with E-state index in [0.29, 0.717) is 12.1 Å². The fourth-order valence-corrected chi connectivity index (χ4v) is 3.59. The molecule has 0 amide bonds. The van der Waals surface area contributed by atoms with Gasteiger partial charge in [-0.1, -0.05) is 18.2 Å². The summed E-state index contributed by atoms with van der Waals surface area (Å²) in [5.74, 6) is 0. The highest BCUT2D eigenvalue weighted by Crippen LogP contribution is 2.33. The molecule has 20 heavy (non-hydrogen) atoms. The smallest absolute Gasteiger partial charge is 0.274 e. The number of anilines is 1. The van der Waals surface area contributed by atoms with Gasteiger partial charge >= 0.3 is 0 Å². The fourth-order valence-electron chi connectivity index (χ4n) is 1.89. The largest absolute Gasteiger partial charge is 0.379 e. The van der Waals surface area contributed by atoms with Crippen molar-refractivity contribution in [3.05, 3.63) is 66.6 Å². The third-order valence-corrected chi connectivity index (χ3v) is 4.08. The van der Waals surface area contributed by atoms with E-state index in [-0.39, 0.29) is 10.6 Å². The SMILES string of the molecule is Cc1cc(Br)c(NCc2ccccc2[N+](=O)[O-])c(Br)c1. The van der Waals surface area contributed by atoms with Gasteiger partial charge in [-0.05, 0) is 56.5 Å². The summed E-state index contributed by atoms with van der Waals surface area (Å²) >= 11 is 6.99. The van der Waals surface area contributed by atoms with Crippen LogP contribution in [0.2, 0.25) is 0 Å². The lowest BCUT2D eigenvalue weighted by Gasteiger charge is -2.12. The molecule has 2 aromatic carbocycles. The zero-order valence-electron chi connectivity index (χ0n) is 10.7. The van der Waals surface area contributed by atoms with Crippen LogP contribution in [0.15, 0.2) is 45.3 Å². The van der Waals surface area contributed by atoms with Gasteiger partial charge in [0.25, 0.3) is 5.69 Å². The minimum absolute atomic E-state index is 0.124. The highest BCUT2D eigenvalue weighted by atomic mass is 79.9. The molecule has 0 unspecified atom stereocenters. The molecule has 0 radical (unpaired) electrons. The topological polar surface area (TPSA) is 55.2 Å². The lowest BCUT2D eigenvalue weighted by molar-refractivity contribution is -0.385. The maximum atomic E-state index is 11.0. The maximum Gasteiger partial charge on any atom is 0.274 e. The van der Waals surface area contributed by atoms with Crippen molar-refractivity contribution >= 4 is 43.2 Å². The molecular weight excluding hydrogens is 388 g/mol. The first-order chi connectivity index (χ1) is 9.49. The standard InChI is InChI=1S/C14H12Br2N2O2/c1-9-6-11(15)14(12(16)7-9)17-8-10-4-2-3-5-13(10)18(19)20/h2-7,17H,8H2,1H3. The molecular formula is C14H12Br2N2O2. The molecule has 0 bridgehead atoms. The van der Waals surface area contributed by atoms with Crippen LogP contribution in [-0.4, -0.2) is 4.92 Å². The molecule has 0 aromatic heterocycles. The third kappa shape index (κ3) is 3.37. The number of nitro groups is 1. The van der Waals surface area contributed by atoms with E-state index >= 15 is 0 Å². The molecule has 0 heterocycles. The van der Waals surface area contributed by atoms with Crippen molar-refractivity contribution in [3.63, 3.8) is 0 Å². The van der Waals surface area contributed by atoms with Crippen molar-refractivity contribution in [1.29, 1.82) is 0 Å². The van der Waals surface area contributed by atoms with Crippen molar-refractivity contribution in [2.24, 2.45) is 0 Å². The molecule has 0 fully saturated rings. The van der Waals surface area contributed by atoms with Crippen LogP contribution < -0.4 is 5.32 Å². The van der Waals surface area contributed by atoms with E-state index in [0.717, 1.165) is 20.2 Å². The van der Waals surface area contributed by atoms with Crippen molar-refractivity contribution in [3.8, 4) is 0 Å². The summed E-state index contributed by atoms with van der Waals surface area (Å²) in [6.45, 7) is 2.39. The monoisotopic (exact) mass is 398 g/mol. The normalized spacial score (nSPS) is 10.3. The molecule has 6 heteroatoms. The highest BCUT2D eigenvalue weighted by molar-refractivity contribution is 9.11. The summed E-state index contributed by atoms with van der Waals surface area (Å²) < 4.78 is 1.84. The van der Waals surface area contributed by atoms with Crippen LogP contribution in [-0.2, 0) is 6.54 Å². The van der Waals surface area contributed by atoms with Crippen LogP contribution in [0.3, 0.4) is 0 Å². The molecule has 1 N–H and O–H groups in total. The van der Waals surface area contributed by atoms with Gasteiger partial charge in [-0.15, -0.1) is 0 Å². The van der Waals surface area contributed by atoms with Crippen LogP contribution in [0.5, 0.6) is 0 Å². The lowest BCUT2D eigenvalue weighted by Crippen LogP contribution is -2.04. The average molecular weight is 400 g/mol. The Balaban J connectivity index is 2.24. The Morgan fingerprint density at radius 3 is 2.40 bits per heavy atom. The van der Waals surface area contributed by atoms with Gasteiger partial charge in [0, 0.05) is 27.1 Å². The van der Waals surface area contributed by atoms with Crippen molar-refractivity contribution in [2.45, 2.75) is 13.5 Å². The summed E-state index contributed by atoms with van der Waals surface area (Å²) in [4.78, 5) is 10.6. The van der Waals surface area contributed by atoms with Gasteiger partial charge in [0.2, 0.25) is 0 Å². The van der Waals surface area contributed by atoms with E-state index in [1.165, 1.54) is 6.07 Å². The van der Waals surface area contributed by atoms with Gasteiger partial charge < -0.3 is 5.32 Å². The molecule has 0 spiro atoms. The first-order valence-electron chi connectivity index (χ1n) is 5.91. The van der Waals surface area contributed by atoms with Crippen LogP contribution in [0.1, 0.15) is 11.1 Å². The predicted molar refractivity (Wildman–Crippen MR) is 87.0 cm³/mol. The van der Waals surface area contributed by atoms with Crippen LogP contribution in [0.25, 0.3) is 0 Å². The summed E-state index contributed by atoms with van der Waals surface area (Å²) in [6, 6.07) is 10.7. The Kier molecular flexibility index (Phi) is 4.77. The van der Waals surface area contributed by atoms with Gasteiger partial charge in [-0.25, -0.2) is 0 Å². The molecule has 4 nitrogen and oxygen atoms in total. The second-order valence-corrected chi connectivity index (χ2v) is 6.05. The number of rotatable bonds is 4. The molecule has 0 saturated carbocycles. The number of hydrogen-bond donors (Lipinski definition) is 1. The van der Waals surface area contributed by atoms with Gasteiger partial charge in [-0.2, -0.15) is 0 Å². The van der Waals surface area contributed by atoms with Gasteiger partial charge in [0.15, 0.2) is 0 Å². The number of halogens is 2. The second kappa shape index (κ2) is 6.37. The summed E-state index contributed by atoms with van der Waals surface area (Å²) in [5.41, 5.74) is 2.78. The van der Waals surface area contributed by atoms with Crippen LogP contribution in [0, 0.1) is 17.0 Å². The number of hydrogen-bond acceptors (Lipinski definition) is 3. The molecule has 2 rings (SSSR count). The molecule has 0 aliphatic rings. The first kappa shape index (κ1) is 15.0. The Labute approximate surface area is 133 Å². The summed E-state index contributed by atoms with van der Waals surface area (Å²) in [5, 5.41) is 14.2. The number of benzene rings is 2. The van der Waals surface area contributed by atoms with Crippen LogP contribution in [0.4, 0.5) is 11.4 Å². The Morgan fingerprint density at radius 1 is 1.20 bits per heavy atom. The van der Waals surface area contributed by atoms with Crippen molar-refractivity contribution < 1.29 is 4.92 Å². The highest BCUT2D eigenvalue weighted by Gasteiger charge is 2.13. The van der Waals surface area contributed by atoms with Gasteiger partial charge in [0.1, 0.15) is 0 Å². The maximum absolute atomic E-state index is 11.0. The third-order valence-electron chi connectivity index (χ3n) is 2.83. The lowest BCUT2D eigenvalue weighted by atomic mass is 10.1. The fraction of sp³-hybridized carbons (Fsp3) is 0.143. The average Bonchev–Trinajstić information content (AvgIpc) is 2.37. The second-order valence-electron chi connectivity index (χ2n) is 4.34.